The third-order valence-electron chi connectivity index (χ3n) is 6.73. The number of ether oxygens (including phenoxy) is 1. The summed E-state index contributed by atoms with van der Waals surface area (Å²) in [5.41, 5.74) is 4.23. The summed E-state index contributed by atoms with van der Waals surface area (Å²) in [7, 11) is 0. The minimum Gasteiger partial charge on any atom is -0.457 e. The molecule has 188 valence electrons. The summed E-state index contributed by atoms with van der Waals surface area (Å²) in [4.78, 5) is 30.2. The third kappa shape index (κ3) is 6.35. The van der Waals surface area contributed by atoms with Crippen molar-refractivity contribution in [2.24, 2.45) is 0 Å². The molecule has 1 aromatic heterocycles. The smallest absolute Gasteiger partial charge is 0.183 e. The van der Waals surface area contributed by atoms with E-state index in [4.69, 9.17) is 4.74 Å². The monoisotopic (exact) mass is 494 g/mol. The van der Waals surface area contributed by atoms with Gasteiger partial charge in [-0.05, 0) is 84.6 Å². The molecule has 0 unspecified atom stereocenters. The van der Waals surface area contributed by atoms with Crippen LogP contribution < -0.4 is 9.64 Å². The molecule has 3 aromatic carbocycles. The van der Waals surface area contributed by atoms with Crippen molar-refractivity contribution in [3.63, 3.8) is 0 Å². The molecule has 5 rings (SSSR count). The number of nitrogens with one attached hydrogen (secondary N) is 1. The van der Waals surface area contributed by atoms with Gasteiger partial charge in [-0.15, -0.1) is 0 Å². The van der Waals surface area contributed by atoms with Crippen LogP contribution in [0.5, 0.6) is 11.5 Å². The number of aliphatic hydroxyl groups is 1. The zero-order valence-electron chi connectivity index (χ0n) is 20.6. The van der Waals surface area contributed by atoms with Crippen LogP contribution in [0.2, 0.25) is 0 Å². The Kier molecular flexibility index (Phi) is 7.47. The van der Waals surface area contributed by atoms with E-state index < -0.39 is 0 Å². The number of aliphatic hydroxyl groups excluding tert-OH is 1. The lowest BCUT2D eigenvalue weighted by atomic mass is 10.0. The lowest BCUT2D eigenvalue weighted by Crippen LogP contribution is -2.35. The quantitative estimate of drug-likeness (QED) is 0.295. The van der Waals surface area contributed by atoms with Crippen LogP contribution in [-0.2, 0) is 12.8 Å². The summed E-state index contributed by atoms with van der Waals surface area (Å²) >= 11 is 0. The largest absolute Gasteiger partial charge is 0.457 e. The van der Waals surface area contributed by atoms with E-state index in [-0.39, 0.29) is 17.7 Å². The van der Waals surface area contributed by atoms with Crippen molar-refractivity contribution in [3.8, 4) is 11.5 Å². The Bertz CT molecular complexity index is 1320. The van der Waals surface area contributed by atoms with Gasteiger partial charge in [-0.25, -0.2) is 0 Å². The summed E-state index contributed by atoms with van der Waals surface area (Å²) < 4.78 is 5.94. The second kappa shape index (κ2) is 11.3. The Labute approximate surface area is 216 Å². The number of carbonyl (C=O) groups is 2. The Morgan fingerprint density at radius 1 is 0.784 bits per heavy atom. The lowest BCUT2D eigenvalue weighted by Gasteiger charge is -2.31. The average Bonchev–Trinajstić information content (AvgIpc) is 3.47. The zero-order chi connectivity index (χ0) is 25.6. The Balaban J connectivity index is 1.13. The highest BCUT2D eigenvalue weighted by molar-refractivity contribution is 5.98. The summed E-state index contributed by atoms with van der Waals surface area (Å²) in [6.07, 6.45) is 3.75. The molecule has 0 radical (unpaired) electrons. The van der Waals surface area contributed by atoms with Crippen molar-refractivity contribution in [2.45, 2.75) is 31.8 Å². The number of nitrogens with zero attached hydrogens (tertiary/aromatic N) is 1. The number of anilines is 1. The molecular formula is C31H30N2O4. The van der Waals surface area contributed by atoms with Crippen LogP contribution in [0.25, 0.3) is 0 Å². The van der Waals surface area contributed by atoms with E-state index in [2.05, 4.69) is 9.88 Å². The number of rotatable bonds is 9. The van der Waals surface area contributed by atoms with Crippen LogP contribution in [0.1, 0.15) is 44.8 Å². The Morgan fingerprint density at radius 3 is 1.89 bits per heavy atom. The molecule has 2 N–H and O–H groups in total. The van der Waals surface area contributed by atoms with E-state index >= 15 is 0 Å². The fourth-order valence-corrected chi connectivity index (χ4v) is 4.54. The molecule has 2 heterocycles. The van der Waals surface area contributed by atoms with Gasteiger partial charge in [-0.2, -0.15) is 0 Å². The van der Waals surface area contributed by atoms with Crippen molar-refractivity contribution < 1.29 is 19.4 Å². The molecule has 6 nitrogen and oxygen atoms in total. The van der Waals surface area contributed by atoms with Crippen molar-refractivity contribution in [1.82, 2.24) is 4.98 Å². The Hall–Kier alpha value is -4.16. The van der Waals surface area contributed by atoms with Gasteiger partial charge < -0.3 is 19.7 Å². The van der Waals surface area contributed by atoms with Gasteiger partial charge in [0.05, 0.1) is 11.8 Å². The van der Waals surface area contributed by atoms with Crippen LogP contribution in [0.3, 0.4) is 0 Å². The molecule has 1 saturated heterocycles. The molecule has 0 aliphatic carbocycles. The van der Waals surface area contributed by atoms with Crippen LogP contribution in [0, 0.1) is 0 Å². The van der Waals surface area contributed by atoms with Gasteiger partial charge in [0.1, 0.15) is 11.5 Å². The maximum atomic E-state index is 12.8. The first-order chi connectivity index (χ1) is 18.0. The van der Waals surface area contributed by atoms with E-state index in [1.54, 1.807) is 12.3 Å². The predicted molar refractivity (Wildman–Crippen MR) is 144 cm³/mol. The van der Waals surface area contributed by atoms with E-state index in [1.165, 1.54) is 0 Å². The summed E-state index contributed by atoms with van der Waals surface area (Å²) in [5.74, 6) is 1.48. The average molecular weight is 495 g/mol. The second-order valence-electron chi connectivity index (χ2n) is 9.44. The number of carbonyl (C=O) groups excluding carboxylic acids is 2. The van der Waals surface area contributed by atoms with Gasteiger partial charge in [0, 0.05) is 43.4 Å². The third-order valence-corrected chi connectivity index (χ3v) is 6.73. The number of H-pyrrole nitrogens is 1. The summed E-state index contributed by atoms with van der Waals surface area (Å²) in [5, 5.41) is 9.69. The summed E-state index contributed by atoms with van der Waals surface area (Å²) in [6.45, 7) is 1.67. The molecule has 37 heavy (non-hydrogen) atoms. The molecule has 0 atom stereocenters. The van der Waals surface area contributed by atoms with Gasteiger partial charge >= 0.3 is 0 Å². The number of aromatic nitrogens is 1. The first-order valence-electron chi connectivity index (χ1n) is 12.6. The normalized spacial score (nSPS) is 13.9. The van der Waals surface area contributed by atoms with E-state index in [1.807, 2.05) is 78.9 Å². The maximum Gasteiger partial charge on any atom is 0.183 e. The molecular weight excluding hydrogens is 464 g/mol. The molecule has 1 fully saturated rings. The van der Waals surface area contributed by atoms with Gasteiger partial charge in [-0.1, -0.05) is 24.3 Å². The number of piperidine rings is 1. The second-order valence-corrected chi connectivity index (χ2v) is 9.44. The topological polar surface area (TPSA) is 82.6 Å². The molecule has 0 amide bonds. The van der Waals surface area contributed by atoms with Gasteiger partial charge in [0.25, 0.3) is 0 Å². The molecule has 0 bridgehead atoms. The van der Waals surface area contributed by atoms with Crippen LogP contribution >= 0.6 is 0 Å². The number of benzene rings is 3. The maximum absolute atomic E-state index is 12.8. The molecule has 0 spiro atoms. The standard InChI is InChI=1S/C31H30N2O4/c34-26-15-18-33(19-16-26)25-9-7-24(8-10-25)30(35)20-22-3-11-27(12-4-22)37-28-13-5-23(6-14-28)21-31(36)29-2-1-17-32-29/h1-14,17,26,32,34H,15-16,18-21H2. The molecule has 1 aliphatic heterocycles. The van der Waals surface area contributed by atoms with Gasteiger partial charge in [0.15, 0.2) is 11.6 Å². The van der Waals surface area contributed by atoms with E-state index in [0.717, 1.165) is 42.7 Å². The SMILES string of the molecule is O=C(Cc1ccc(Oc2ccc(CC(=O)c3ccc[nH]3)cc2)cc1)c1ccc(N2CCC(O)CC2)cc1. The van der Waals surface area contributed by atoms with Gasteiger partial charge in [0.2, 0.25) is 0 Å². The van der Waals surface area contributed by atoms with Crippen molar-refractivity contribution in [2.75, 3.05) is 18.0 Å². The fraction of sp³-hybridized carbons (Fsp3) is 0.226. The lowest BCUT2D eigenvalue weighted by molar-refractivity contribution is 0.0982. The number of hydrogen-bond donors (Lipinski definition) is 2. The van der Waals surface area contributed by atoms with Crippen LogP contribution in [-0.4, -0.2) is 40.9 Å². The number of aromatic amines is 1. The Morgan fingerprint density at radius 2 is 1.35 bits per heavy atom. The first-order valence-corrected chi connectivity index (χ1v) is 12.6. The van der Waals surface area contributed by atoms with Crippen molar-refractivity contribution in [3.05, 3.63) is 114 Å². The fourth-order valence-electron chi connectivity index (χ4n) is 4.54. The van der Waals surface area contributed by atoms with E-state index in [0.29, 0.717) is 35.6 Å². The number of Topliss-reactive ketones (excluding diaryl/α,β-unsaturated/α-hetero) is 2. The molecule has 6 heteroatoms. The summed E-state index contributed by atoms with van der Waals surface area (Å²) in [6, 6.07) is 26.4. The van der Waals surface area contributed by atoms with Gasteiger partial charge in [-0.3, -0.25) is 9.59 Å². The molecule has 0 saturated carbocycles. The predicted octanol–water partition coefficient (Wildman–Crippen LogP) is 5.62. The minimum atomic E-state index is -0.202. The highest BCUT2D eigenvalue weighted by Gasteiger charge is 2.17. The van der Waals surface area contributed by atoms with Crippen molar-refractivity contribution >= 4 is 17.3 Å². The number of hydrogen-bond acceptors (Lipinski definition) is 5. The van der Waals surface area contributed by atoms with Crippen LogP contribution in [0.4, 0.5) is 5.69 Å². The molecule has 4 aromatic rings. The highest BCUT2D eigenvalue weighted by atomic mass is 16.5. The van der Waals surface area contributed by atoms with E-state index in [9.17, 15) is 14.7 Å². The van der Waals surface area contributed by atoms with Crippen molar-refractivity contribution in [1.29, 1.82) is 0 Å². The first kappa shape index (κ1) is 24.5. The minimum absolute atomic E-state index is 0.0440. The zero-order valence-corrected chi connectivity index (χ0v) is 20.6. The molecule has 1 aliphatic rings. The number of ketones is 2. The highest BCUT2D eigenvalue weighted by Crippen LogP contribution is 2.24. The van der Waals surface area contributed by atoms with Crippen LogP contribution in [0.15, 0.2) is 91.1 Å².